The Kier molecular flexibility index (Phi) is 4.91. The lowest BCUT2D eigenvalue weighted by molar-refractivity contribution is -0.158. The molecule has 2 aliphatic carbocycles. The van der Waals surface area contributed by atoms with Crippen LogP contribution in [0, 0.1) is 16.7 Å². The molecular weight excluding hydrogens is 384 g/mol. The van der Waals surface area contributed by atoms with Gasteiger partial charge in [0.05, 0.1) is 11.4 Å². The van der Waals surface area contributed by atoms with Crippen LogP contribution in [0.4, 0.5) is 5.69 Å². The van der Waals surface area contributed by atoms with Crippen molar-refractivity contribution in [3.8, 4) is 0 Å². The number of hydrogen-bond donors (Lipinski definition) is 0. The van der Waals surface area contributed by atoms with Crippen LogP contribution in [0.3, 0.4) is 0 Å². The summed E-state index contributed by atoms with van der Waals surface area (Å²) in [6, 6.07) is 19.8. The topological polar surface area (TPSA) is 41.9 Å². The van der Waals surface area contributed by atoms with Crippen LogP contribution in [0.15, 0.2) is 65.8 Å². The summed E-state index contributed by atoms with van der Waals surface area (Å²) >= 11 is 0. The largest absolute Gasteiger partial charge is 0.460 e. The Labute approximate surface area is 185 Å². The molecule has 5 rings (SSSR count). The third-order valence-corrected chi connectivity index (χ3v) is 8.55. The lowest BCUT2D eigenvalue weighted by atomic mass is 9.70. The van der Waals surface area contributed by atoms with E-state index in [1.165, 1.54) is 6.42 Å². The molecule has 0 aromatic heterocycles. The van der Waals surface area contributed by atoms with Crippen LogP contribution in [0.2, 0.25) is 0 Å². The summed E-state index contributed by atoms with van der Waals surface area (Å²) in [4.78, 5) is 13.5. The van der Waals surface area contributed by atoms with Crippen LogP contribution in [0.25, 0.3) is 0 Å². The number of para-hydroxylation sites is 1. The molecule has 2 fully saturated rings. The van der Waals surface area contributed by atoms with Gasteiger partial charge in [0.2, 0.25) is 0 Å². The molecule has 4 heteroatoms. The number of ether oxygens (including phenoxy) is 1. The highest BCUT2D eigenvalue weighted by atomic mass is 16.5. The van der Waals surface area contributed by atoms with Crippen LogP contribution in [0.1, 0.15) is 58.4 Å². The number of carbonyl (C=O) groups excluding carboxylic acids is 1. The number of hydrogen-bond acceptors (Lipinski definition) is 4. The summed E-state index contributed by atoms with van der Waals surface area (Å²) in [7, 11) is 0. The van der Waals surface area contributed by atoms with Gasteiger partial charge < -0.3 is 4.74 Å². The number of nitrogens with zero attached hydrogens (tertiary/aromatic N) is 2. The molecule has 1 heterocycles. The standard InChI is InChI=1S/C27H32N2O2/c1-26(2)20-16-17-27(26,3)24(18-20)31-25(30)23-15-14-22(19-10-6-4-7-11-19)28-29(23)21-12-8-5-9-13-21/h4-13,20,23-24H,14-18H2,1-3H3/t20-,23?,24-,27+/m1/s1. The molecule has 2 aromatic rings. The molecule has 31 heavy (non-hydrogen) atoms. The minimum atomic E-state index is -0.388. The molecule has 4 atom stereocenters. The van der Waals surface area contributed by atoms with E-state index < -0.39 is 0 Å². The fraction of sp³-hybridized carbons (Fsp3) is 0.481. The Morgan fingerprint density at radius 3 is 2.29 bits per heavy atom. The molecule has 1 aliphatic heterocycles. The van der Waals surface area contributed by atoms with Crippen LogP contribution in [-0.4, -0.2) is 23.8 Å². The van der Waals surface area contributed by atoms with E-state index in [-0.39, 0.29) is 28.9 Å². The normalized spacial score (nSPS) is 31.4. The van der Waals surface area contributed by atoms with Gasteiger partial charge in [-0.3, -0.25) is 5.01 Å². The van der Waals surface area contributed by atoms with Gasteiger partial charge in [0.25, 0.3) is 0 Å². The molecular formula is C27H32N2O2. The molecule has 0 N–H and O–H groups in total. The molecule has 2 bridgehead atoms. The second-order valence-electron chi connectivity index (χ2n) is 10.2. The summed E-state index contributed by atoms with van der Waals surface area (Å²) in [6.07, 6.45) is 4.87. The Hall–Kier alpha value is -2.62. The first kappa shape index (κ1) is 20.3. The van der Waals surface area contributed by atoms with Crippen molar-refractivity contribution < 1.29 is 9.53 Å². The zero-order valence-corrected chi connectivity index (χ0v) is 18.8. The average Bonchev–Trinajstić information content (AvgIpc) is 3.13. The van der Waals surface area contributed by atoms with Gasteiger partial charge in [-0.15, -0.1) is 0 Å². The molecule has 0 saturated heterocycles. The first-order chi connectivity index (χ1) is 14.9. The maximum Gasteiger partial charge on any atom is 0.331 e. The summed E-state index contributed by atoms with van der Waals surface area (Å²) in [6.45, 7) is 7.02. The van der Waals surface area contributed by atoms with Gasteiger partial charge in [-0.1, -0.05) is 69.3 Å². The van der Waals surface area contributed by atoms with Crippen molar-refractivity contribution >= 4 is 17.4 Å². The number of esters is 1. The highest BCUT2D eigenvalue weighted by Crippen LogP contribution is 2.66. The van der Waals surface area contributed by atoms with Crippen LogP contribution in [-0.2, 0) is 9.53 Å². The average molecular weight is 417 g/mol. The number of fused-ring (bicyclic) bond motifs is 2. The van der Waals surface area contributed by atoms with Gasteiger partial charge in [-0.2, -0.15) is 5.10 Å². The minimum Gasteiger partial charge on any atom is -0.460 e. The lowest BCUT2D eigenvalue weighted by Gasteiger charge is -2.40. The molecule has 2 saturated carbocycles. The summed E-state index contributed by atoms with van der Waals surface area (Å²) in [5, 5.41) is 6.83. The maximum absolute atomic E-state index is 13.5. The van der Waals surface area contributed by atoms with E-state index in [1.54, 1.807) is 0 Å². The van der Waals surface area contributed by atoms with Gasteiger partial charge in [0.1, 0.15) is 6.10 Å². The molecule has 4 nitrogen and oxygen atoms in total. The summed E-state index contributed by atoms with van der Waals surface area (Å²) in [5.41, 5.74) is 3.34. The van der Waals surface area contributed by atoms with Crippen molar-refractivity contribution in [3.05, 3.63) is 66.2 Å². The molecule has 0 radical (unpaired) electrons. The third-order valence-electron chi connectivity index (χ3n) is 8.55. The van der Waals surface area contributed by atoms with E-state index in [4.69, 9.17) is 9.84 Å². The van der Waals surface area contributed by atoms with Gasteiger partial charge in [-0.25, -0.2) is 4.79 Å². The fourth-order valence-electron chi connectivity index (χ4n) is 6.04. The Bertz CT molecular complexity index is 985. The number of benzene rings is 2. The summed E-state index contributed by atoms with van der Waals surface area (Å²) in [5.74, 6) is 0.517. The van der Waals surface area contributed by atoms with Crippen molar-refractivity contribution in [1.29, 1.82) is 0 Å². The number of carbonyl (C=O) groups is 1. The Morgan fingerprint density at radius 2 is 1.68 bits per heavy atom. The Morgan fingerprint density at radius 1 is 1.00 bits per heavy atom. The van der Waals surface area contributed by atoms with E-state index in [0.29, 0.717) is 12.3 Å². The zero-order valence-electron chi connectivity index (χ0n) is 18.8. The van der Waals surface area contributed by atoms with E-state index in [0.717, 1.165) is 36.2 Å². The van der Waals surface area contributed by atoms with Crippen molar-refractivity contribution in [2.45, 2.75) is 65.0 Å². The van der Waals surface area contributed by atoms with Gasteiger partial charge >= 0.3 is 5.97 Å². The third kappa shape index (κ3) is 3.28. The van der Waals surface area contributed by atoms with Crippen molar-refractivity contribution in [2.24, 2.45) is 21.8 Å². The lowest BCUT2D eigenvalue weighted by Crippen LogP contribution is -2.46. The number of rotatable bonds is 4. The van der Waals surface area contributed by atoms with E-state index in [1.807, 2.05) is 53.5 Å². The van der Waals surface area contributed by atoms with Crippen LogP contribution < -0.4 is 5.01 Å². The zero-order chi connectivity index (χ0) is 21.6. The van der Waals surface area contributed by atoms with Crippen LogP contribution >= 0.6 is 0 Å². The molecule has 0 spiro atoms. The van der Waals surface area contributed by atoms with Crippen molar-refractivity contribution in [3.63, 3.8) is 0 Å². The second-order valence-corrected chi connectivity index (χ2v) is 10.2. The number of hydrazone groups is 1. The van der Waals surface area contributed by atoms with Gasteiger partial charge in [0, 0.05) is 5.41 Å². The highest BCUT2D eigenvalue weighted by molar-refractivity contribution is 6.02. The van der Waals surface area contributed by atoms with Crippen molar-refractivity contribution in [1.82, 2.24) is 0 Å². The first-order valence-electron chi connectivity index (χ1n) is 11.6. The fourth-order valence-corrected chi connectivity index (χ4v) is 6.04. The predicted octanol–water partition coefficient (Wildman–Crippen LogP) is 5.82. The molecule has 1 unspecified atom stereocenters. The summed E-state index contributed by atoms with van der Waals surface area (Å²) < 4.78 is 6.27. The van der Waals surface area contributed by atoms with E-state index in [2.05, 4.69) is 32.9 Å². The first-order valence-corrected chi connectivity index (χ1v) is 11.6. The highest BCUT2D eigenvalue weighted by Gasteiger charge is 2.63. The number of anilines is 1. The predicted molar refractivity (Wildman–Crippen MR) is 124 cm³/mol. The monoisotopic (exact) mass is 416 g/mol. The molecule has 0 amide bonds. The van der Waals surface area contributed by atoms with Gasteiger partial charge in [0.15, 0.2) is 6.04 Å². The second kappa shape index (κ2) is 7.51. The quantitative estimate of drug-likeness (QED) is 0.590. The van der Waals surface area contributed by atoms with E-state index in [9.17, 15) is 4.79 Å². The molecule has 3 aliphatic rings. The molecule has 162 valence electrons. The van der Waals surface area contributed by atoms with Gasteiger partial charge in [-0.05, 0) is 61.1 Å². The van der Waals surface area contributed by atoms with Crippen molar-refractivity contribution in [2.75, 3.05) is 5.01 Å². The Balaban J connectivity index is 1.42. The molecule has 2 aromatic carbocycles. The SMILES string of the molecule is CC1(C)[C@@H]2CC[C@@]1(C)[C@H](OC(=O)C1CCC(c3ccccc3)=NN1c1ccccc1)C2. The van der Waals surface area contributed by atoms with Crippen LogP contribution in [0.5, 0.6) is 0 Å². The minimum absolute atomic E-state index is 0.00544. The van der Waals surface area contributed by atoms with E-state index >= 15 is 0 Å². The maximum atomic E-state index is 13.5. The smallest absolute Gasteiger partial charge is 0.331 e.